The Hall–Kier alpha value is -0.860. The molecule has 2 nitrogen and oxygen atoms in total. The van der Waals surface area contributed by atoms with Crippen molar-refractivity contribution in [2.45, 2.75) is 51.2 Å². The zero-order valence-corrected chi connectivity index (χ0v) is 10.2. The van der Waals surface area contributed by atoms with Gasteiger partial charge in [-0.15, -0.1) is 0 Å². The number of hydrogen-bond donors (Lipinski definition) is 2. The minimum atomic E-state index is 0.404. The maximum atomic E-state index is 5.93. The van der Waals surface area contributed by atoms with Crippen LogP contribution in [0.5, 0.6) is 0 Å². The molecule has 0 radical (unpaired) electrons. The van der Waals surface area contributed by atoms with Crippen LogP contribution in [0.25, 0.3) is 0 Å². The second kappa shape index (κ2) is 4.98. The van der Waals surface area contributed by atoms with Gasteiger partial charge in [0.1, 0.15) is 0 Å². The fraction of sp³-hybridized carbons (Fsp3) is 0.571. The number of hydrogen-bond acceptors (Lipinski definition) is 2. The molecular weight excluding hydrogens is 196 g/mol. The SMILES string of the molecule is Cc1ccccc1[C@@H](C)NC1CCC(N)C1. The first-order valence-corrected chi connectivity index (χ1v) is 6.24. The maximum Gasteiger partial charge on any atom is 0.0296 e. The summed E-state index contributed by atoms with van der Waals surface area (Å²) in [5, 5.41) is 3.69. The molecule has 0 saturated heterocycles. The van der Waals surface area contributed by atoms with Crippen LogP contribution in [-0.2, 0) is 0 Å². The largest absolute Gasteiger partial charge is 0.328 e. The monoisotopic (exact) mass is 218 g/mol. The highest BCUT2D eigenvalue weighted by molar-refractivity contribution is 5.28. The van der Waals surface area contributed by atoms with Crippen molar-refractivity contribution in [3.05, 3.63) is 35.4 Å². The topological polar surface area (TPSA) is 38.0 Å². The fourth-order valence-corrected chi connectivity index (χ4v) is 2.68. The van der Waals surface area contributed by atoms with E-state index in [9.17, 15) is 0 Å². The molecule has 3 N–H and O–H groups in total. The summed E-state index contributed by atoms with van der Waals surface area (Å²) in [4.78, 5) is 0. The predicted octanol–water partition coefficient (Wildman–Crippen LogP) is 2.53. The molecule has 0 aromatic heterocycles. The molecule has 16 heavy (non-hydrogen) atoms. The van der Waals surface area contributed by atoms with Gasteiger partial charge in [-0.3, -0.25) is 0 Å². The minimum Gasteiger partial charge on any atom is -0.328 e. The zero-order chi connectivity index (χ0) is 11.5. The lowest BCUT2D eigenvalue weighted by Gasteiger charge is -2.21. The second-order valence-corrected chi connectivity index (χ2v) is 5.01. The van der Waals surface area contributed by atoms with E-state index in [0.29, 0.717) is 18.1 Å². The van der Waals surface area contributed by atoms with Gasteiger partial charge < -0.3 is 11.1 Å². The maximum absolute atomic E-state index is 5.93. The fourth-order valence-electron chi connectivity index (χ4n) is 2.68. The molecule has 0 aliphatic heterocycles. The molecule has 2 rings (SSSR count). The van der Waals surface area contributed by atoms with Crippen molar-refractivity contribution >= 4 is 0 Å². The van der Waals surface area contributed by atoms with Gasteiger partial charge in [0.15, 0.2) is 0 Å². The van der Waals surface area contributed by atoms with Gasteiger partial charge >= 0.3 is 0 Å². The summed E-state index contributed by atoms with van der Waals surface area (Å²) in [6, 6.07) is 10.0. The van der Waals surface area contributed by atoms with E-state index in [2.05, 4.69) is 43.4 Å². The van der Waals surface area contributed by atoms with Crippen LogP contribution in [0, 0.1) is 6.92 Å². The highest BCUT2D eigenvalue weighted by Gasteiger charge is 2.23. The third-order valence-electron chi connectivity index (χ3n) is 3.61. The quantitative estimate of drug-likeness (QED) is 0.818. The average molecular weight is 218 g/mol. The molecule has 1 fully saturated rings. The van der Waals surface area contributed by atoms with Crippen LogP contribution in [0.2, 0.25) is 0 Å². The van der Waals surface area contributed by atoms with Crippen LogP contribution in [0.3, 0.4) is 0 Å². The van der Waals surface area contributed by atoms with Crippen LogP contribution in [0.1, 0.15) is 43.4 Å². The molecule has 0 bridgehead atoms. The first-order chi connectivity index (χ1) is 7.66. The molecular formula is C14H22N2. The molecule has 1 aliphatic rings. The molecule has 1 saturated carbocycles. The number of nitrogens with one attached hydrogen (secondary N) is 1. The Balaban J connectivity index is 1.98. The van der Waals surface area contributed by atoms with E-state index in [1.165, 1.54) is 17.5 Å². The summed E-state index contributed by atoms with van der Waals surface area (Å²) in [5.41, 5.74) is 8.70. The standard InChI is InChI=1S/C14H22N2/c1-10-5-3-4-6-14(10)11(2)16-13-8-7-12(15)9-13/h3-6,11-13,16H,7-9,15H2,1-2H3/t11-,12?,13?/m1/s1. The third kappa shape index (κ3) is 2.63. The van der Waals surface area contributed by atoms with Gasteiger partial charge in [0.05, 0.1) is 0 Å². The van der Waals surface area contributed by atoms with E-state index in [4.69, 9.17) is 5.73 Å². The Morgan fingerprint density at radius 3 is 2.69 bits per heavy atom. The van der Waals surface area contributed by atoms with Crippen molar-refractivity contribution < 1.29 is 0 Å². The van der Waals surface area contributed by atoms with E-state index in [1.54, 1.807) is 0 Å². The van der Waals surface area contributed by atoms with Crippen molar-refractivity contribution in [1.29, 1.82) is 0 Å². The molecule has 2 unspecified atom stereocenters. The Morgan fingerprint density at radius 2 is 2.06 bits per heavy atom. The second-order valence-electron chi connectivity index (χ2n) is 5.01. The van der Waals surface area contributed by atoms with E-state index in [-0.39, 0.29) is 0 Å². The minimum absolute atomic E-state index is 0.404. The molecule has 0 spiro atoms. The van der Waals surface area contributed by atoms with Gasteiger partial charge in [-0.2, -0.15) is 0 Å². The summed E-state index contributed by atoms with van der Waals surface area (Å²) >= 11 is 0. The van der Waals surface area contributed by atoms with E-state index >= 15 is 0 Å². The van der Waals surface area contributed by atoms with Crippen LogP contribution < -0.4 is 11.1 Å². The van der Waals surface area contributed by atoms with Gasteiger partial charge in [-0.1, -0.05) is 24.3 Å². The van der Waals surface area contributed by atoms with Gasteiger partial charge in [0.2, 0.25) is 0 Å². The number of nitrogens with two attached hydrogens (primary N) is 1. The van der Waals surface area contributed by atoms with Gasteiger partial charge in [-0.25, -0.2) is 0 Å². The van der Waals surface area contributed by atoms with E-state index in [1.807, 2.05) is 0 Å². The smallest absolute Gasteiger partial charge is 0.0296 e. The Labute approximate surface area is 98.2 Å². The molecule has 0 heterocycles. The molecule has 3 atom stereocenters. The normalized spacial score (nSPS) is 26.9. The number of aryl methyl sites for hydroxylation is 1. The molecule has 1 aromatic carbocycles. The summed E-state index contributed by atoms with van der Waals surface area (Å²) in [6.45, 7) is 4.42. The third-order valence-corrected chi connectivity index (χ3v) is 3.61. The van der Waals surface area contributed by atoms with Crippen LogP contribution >= 0.6 is 0 Å². The van der Waals surface area contributed by atoms with Crippen molar-refractivity contribution in [1.82, 2.24) is 5.32 Å². The predicted molar refractivity (Wildman–Crippen MR) is 68.3 cm³/mol. The molecule has 1 aliphatic carbocycles. The summed E-state index contributed by atoms with van der Waals surface area (Å²) in [7, 11) is 0. The molecule has 0 amide bonds. The lowest BCUT2D eigenvalue weighted by atomic mass is 10.0. The van der Waals surface area contributed by atoms with Crippen molar-refractivity contribution in [2.75, 3.05) is 0 Å². The van der Waals surface area contributed by atoms with Gasteiger partial charge in [0.25, 0.3) is 0 Å². The zero-order valence-electron chi connectivity index (χ0n) is 10.2. The van der Waals surface area contributed by atoms with E-state index < -0.39 is 0 Å². The first kappa shape index (κ1) is 11.6. The Bertz CT molecular complexity index is 348. The van der Waals surface area contributed by atoms with Crippen LogP contribution in [0.15, 0.2) is 24.3 Å². The number of rotatable bonds is 3. The highest BCUT2D eigenvalue weighted by atomic mass is 15.0. The van der Waals surface area contributed by atoms with Crippen LogP contribution in [-0.4, -0.2) is 12.1 Å². The Morgan fingerprint density at radius 1 is 1.31 bits per heavy atom. The highest BCUT2D eigenvalue weighted by Crippen LogP contribution is 2.23. The van der Waals surface area contributed by atoms with Gasteiger partial charge in [0, 0.05) is 18.1 Å². The lowest BCUT2D eigenvalue weighted by Crippen LogP contribution is -2.31. The van der Waals surface area contributed by atoms with Crippen molar-refractivity contribution in [3.63, 3.8) is 0 Å². The summed E-state index contributed by atoms with van der Waals surface area (Å²) < 4.78 is 0. The molecule has 88 valence electrons. The first-order valence-electron chi connectivity index (χ1n) is 6.24. The molecule has 2 heteroatoms. The molecule has 1 aromatic rings. The lowest BCUT2D eigenvalue weighted by molar-refractivity contribution is 0.456. The van der Waals surface area contributed by atoms with Crippen molar-refractivity contribution in [2.24, 2.45) is 5.73 Å². The van der Waals surface area contributed by atoms with E-state index in [0.717, 1.165) is 12.8 Å². The summed E-state index contributed by atoms with van der Waals surface area (Å²) in [6.07, 6.45) is 3.51. The summed E-state index contributed by atoms with van der Waals surface area (Å²) in [5.74, 6) is 0. The average Bonchev–Trinajstić information content (AvgIpc) is 2.64. The van der Waals surface area contributed by atoms with Crippen molar-refractivity contribution in [3.8, 4) is 0 Å². The van der Waals surface area contributed by atoms with Gasteiger partial charge in [-0.05, 0) is 44.2 Å². The number of benzene rings is 1. The Kier molecular flexibility index (Phi) is 3.62. The van der Waals surface area contributed by atoms with Crippen LogP contribution in [0.4, 0.5) is 0 Å².